The number of nitrogens with zero attached hydrogens (tertiary/aromatic N) is 4. The number of H-pyrrole nitrogens is 1. The van der Waals surface area contributed by atoms with Crippen LogP contribution in [0.4, 0.5) is 0 Å². The first-order valence-electron chi connectivity index (χ1n) is 6.15. The van der Waals surface area contributed by atoms with E-state index in [1.54, 1.807) is 18.4 Å². The third-order valence-corrected chi connectivity index (χ3v) is 4.72. The highest BCUT2D eigenvalue weighted by molar-refractivity contribution is 7.99. The minimum atomic E-state index is -0.221. The van der Waals surface area contributed by atoms with Gasteiger partial charge in [-0.15, -0.1) is 16.4 Å². The second-order valence-electron chi connectivity index (χ2n) is 4.17. The first-order chi connectivity index (χ1) is 9.70. The molecule has 0 saturated heterocycles. The molecule has 0 fully saturated rings. The van der Waals surface area contributed by atoms with Gasteiger partial charge in [0.25, 0.3) is 0 Å². The summed E-state index contributed by atoms with van der Waals surface area (Å²) in [4.78, 5) is 17.0. The predicted molar refractivity (Wildman–Crippen MR) is 78.4 cm³/mol. The second-order valence-corrected chi connectivity index (χ2v) is 6.00. The zero-order valence-electron chi connectivity index (χ0n) is 11.1. The van der Waals surface area contributed by atoms with Gasteiger partial charge in [-0.3, -0.25) is 8.97 Å². The molecule has 0 aromatic carbocycles. The van der Waals surface area contributed by atoms with E-state index in [2.05, 4.69) is 31.8 Å². The lowest BCUT2D eigenvalue weighted by Gasteiger charge is -2.03. The molecule has 3 rings (SSSR count). The maximum atomic E-state index is 11.4. The van der Waals surface area contributed by atoms with Crippen LogP contribution in [0, 0.1) is 0 Å². The van der Waals surface area contributed by atoms with Gasteiger partial charge in [-0.25, -0.2) is 14.9 Å². The Morgan fingerprint density at radius 1 is 1.55 bits per heavy atom. The molecule has 7 nitrogen and oxygen atoms in total. The number of fused-ring (bicyclic) bond motifs is 1. The molecule has 0 bridgehead atoms. The van der Waals surface area contributed by atoms with Crippen LogP contribution < -0.4 is 11.0 Å². The van der Waals surface area contributed by atoms with Gasteiger partial charge in [0.1, 0.15) is 5.03 Å². The molecule has 0 aliphatic carbocycles. The van der Waals surface area contributed by atoms with Crippen molar-refractivity contribution in [2.45, 2.75) is 23.7 Å². The molecule has 0 unspecified atom stereocenters. The molecule has 3 aromatic heterocycles. The van der Waals surface area contributed by atoms with E-state index in [4.69, 9.17) is 0 Å². The summed E-state index contributed by atoms with van der Waals surface area (Å²) in [5, 5.41) is 13.3. The molecule has 0 radical (unpaired) electrons. The van der Waals surface area contributed by atoms with Crippen molar-refractivity contribution in [1.82, 2.24) is 29.5 Å². The van der Waals surface area contributed by atoms with E-state index in [9.17, 15) is 4.79 Å². The number of aromatic amines is 1. The normalized spacial score (nSPS) is 11.5. The Morgan fingerprint density at radius 3 is 3.10 bits per heavy atom. The van der Waals surface area contributed by atoms with Crippen LogP contribution in [-0.2, 0) is 13.6 Å². The lowest BCUT2D eigenvalue weighted by Crippen LogP contribution is -2.14. The Kier molecular flexibility index (Phi) is 3.64. The smallest absolute Gasteiger partial charge is 0.311 e. The number of imidazole rings is 1. The number of hydrogen-bond acceptors (Lipinski definition) is 6. The number of nitrogens with one attached hydrogen (secondary N) is 2. The van der Waals surface area contributed by atoms with Gasteiger partial charge < -0.3 is 5.32 Å². The van der Waals surface area contributed by atoms with Crippen LogP contribution >= 0.6 is 23.1 Å². The van der Waals surface area contributed by atoms with E-state index >= 15 is 0 Å². The van der Waals surface area contributed by atoms with Crippen LogP contribution in [-0.4, -0.2) is 30.7 Å². The Labute approximate surface area is 123 Å². The summed E-state index contributed by atoms with van der Waals surface area (Å²) in [7, 11) is 1.69. The van der Waals surface area contributed by atoms with Gasteiger partial charge in [0.05, 0.1) is 5.69 Å². The fourth-order valence-electron chi connectivity index (χ4n) is 1.81. The second kappa shape index (κ2) is 5.43. The summed E-state index contributed by atoms with van der Waals surface area (Å²) in [6.45, 7) is 3.69. The van der Waals surface area contributed by atoms with Gasteiger partial charge in [-0.1, -0.05) is 6.92 Å². The third-order valence-electron chi connectivity index (χ3n) is 2.89. The number of thiazole rings is 1. The van der Waals surface area contributed by atoms with E-state index in [1.807, 2.05) is 11.6 Å². The van der Waals surface area contributed by atoms with E-state index < -0.39 is 0 Å². The highest BCUT2D eigenvalue weighted by atomic mass is 32.2. The van der Waals surface area contributed by atoms with Crippen molar-refractivity contribution in [3.8, 4) is 0 Å². The van der Waals surface area contributed by atoms with Crippen molar-refractivity contribution >= 4 is 28.1 Å². The molecule has 0 aliphatic heterocycles. The van der Waals surface area contributed by atoms with Gasteiger partial charge >= 0.3 is 5.69 Å². The first kappa shape index (κ1) is 13.4. The minimum absolute atomic E-state index is 0.221. The number of hydrogen-bond donors (Lipinski definition) is 2. The topological polar surface area (TPSA) is 80.0 Å². The predicted octanol–water partition coefficient (Wildman–Crippen LogP) is 1.08. The largest absolute Gasteiger partial charge is 0.343 e. The molecule has 0 amide bonds. The fraction of sp³-hybridized carbons (Fsp3) is 0.364. The summed E-state index contributed by atoms with van der Waals surface area (Å²) < 4.78 is 3.55. The van der Waals surface area contributed by atoms with Gasteiger partial charge in [-0.2, -0.15) is 0 Å². The third kappa shape index (κ3) is 2.28. The first-order valence-corrected chi connectivity index (χ1v) is 7.84. The highest BCUT2D eigenvalue weighted by Gasteiger charge is 2.16. The number of rotatable bonds is 5. The van der Waals surface area contributed by atoms with Gasteiger partial charge in [-0.05, 0) is 18.3 Å². The van der Waals surface area contributed by atoms with Crippen molar-refractivity contribution in [2.24, 2.45) is 7.05 Å². The van der Waals surface area contributed by atoms with Gasteiger partial charge in [0, 0.05) is 25.2 Å². The van der Waals surface area contributed by atoms with Crippen molar-refractivity contribution in [3.63, 3.8) is 0 Å². The Morgan fingerprint density at radius 2 is 2.40 bits per heavy atom. The van der Waals surface area contributed by atoms with Crippen LogP contribution in [0.3, 0.4) is 0 Å². The summed E-state index contributed by atoms with van der Waals surface area (Å²) in [5.41, 5.74) is 0.866. The SMILES string of the molecule is CCNCc1c(Sc2n[nH]c(=O)n2C)nc2sccn12. The monoisotopic (exact) mass is 310 g/mol. The molecule has 2 N–H and O–H groups in total. The number of aromatic nitrogens is 5. The summed E-state index contributed by atoms with van der Waals surface area (Å²) in [6, 6.07) is 0. The summed E-state index contributed by atoms with van der Waals surface area (Å²) in [5.74, 6) is 0. The van der Waals surface area contributed by atoms with E-state index in [0.29, 0.717) is 5.16 Å². The van der Waals surface area contributed by atoms with Crippen molar-refractivity contribution in [2.75, 3.05) is 6.54 Å². The average Bonchev–Trinajstić information content (AvgIpc) is 3.08. The zero-order chi connectivity index (χ0) is 14.1. The van der Waals surface area contributed by atoms with Crippen LogP contribution in [0.5, 0.6) is 0 Å². The van der Waals surface area contributed by atoms with Crippen LogP contribution in [0.2, 0.25) is 0 Å². The summed E-state index contributed by atoms with van der Waals surface area (Å²) in [6.07, 6.45) is 2.01. The standard InChI is InChI=1S/C11H14N6OS2/c1-3-12-6-7-8(13-10-17(7)4-5-19-10)20-11-15-14-9(18)16(11)2/h4-5,12H,3,6H2,1-2H3,(H,14,18). The van der Waals surface area contributed by atoms with E-state index in [1.165, 1.54) is 16.3 Å². The lowest BCUT2D eigenvalue weighted by molar-refractivity contribution is 0.693. The molecule has 0 saturated carbocycles. The molecule has 9 heteroatoms. The highest BCUT2D eigenvalue weighted by Crippen LogP contribution is 2.29. The molecular weight excluding hydrogens is 296 g/mol. The molecule has 0 aliphatic rings. The zero-order valence-corrected chi connectivity index (χ0v) is 12.7. The van der Waals surface area contributed by atoms with Crippen LogP contribution in [0.25, 0.3) is 4.96 Å². The molecule has 106 valence electrons. The molecule has 3 aromatic rings. The van der Waals surface area contributed by atoms with E-state index in [-0.39, 0.29) is 5.69 Å². The maximum Gasteiger partial charge on any atom is 0.343 e. The van der Waals surface area contributed by atoms with Crippen molar-refractivity contribution in [1.29, 1.82) is 0 Å². The van der Waals surface area contributed by atoms with Gasteiger partial charge in [0.15, 0.2) is 10.1 Å². The molecule has 20 heavy (non-hydrogen) atoms. The van der Waals surface area contributed by atoms with Crippen molar-refractivity contribution < 1.29 is 0 Å². The van der Waals surface area contributed by atoms with E-state index in [0.717, 1.165) is 28.8 Å². The molecule has 3 heterocycles. The Bertz CT molecular complexity index is 782. The van der Waals surface area contributed by atoms with Gasteiger partial charge in [0.2, 0.25) is 0 Å². The van der Waals surface area contributed by atoms with Crippen molar-refractivity contribution in [3.05, 3.63) is 27.8 Å². The Hall–Kier alpha value is -1.58. The average molecular weight is 310 g/mol. The summed E-state index contributed by atoms with van der Waals surface area (Å²) >= 11 is 2.99. The minimum Gasteiger partial charge on any atom is -0.311 e. The quantitative estimate of drug-likeness (QED) is 0.737. The Balaban J connectivity index is 1.99. The molecule has 0 atom stereocenters. The van der Waals surface area contributed by atoms with Crippen LogP contribution in [0.15, 0.2) is 26.6 Å². The molecule has 0 spiro atoms. The molecular formula is C11H14N6OS2. The van der Waals surface area contributed by atoms with Crippen LogP contribution in [0.1, 0.15) is 12.6 Å². The lowest BCUT2D eigenvalue weighted by atomic mass is 10.4. The maximum absolute atomic E-state index is 11.4. The fourth-order valence-corrected chi connectivity index (χ4v) is 3.50.